The van der Waals surface area contributed by atoms with E-state index in [9.17, 15) is 23.1 Å². The molecule has 1 heterocycles. The summed E-state index contributed by atoms with van der Waals surface area (Å²) in [7, 11) is 0. The van der Waals surface area contributed by atoms with Crippen molar-refractivity contribution in [3.63, 3.8) is 0 Å². The normalized spacial score (nSPS) is 16.7. The number of aliphatic hydroxyl groups excluding tert-OH is 1. The molecule has 1 aromatic heterocycles. The third kappa shape index (κ3) is 7.97. The van der Waals surface area contributed by atoms with Crippen molar-refractivity contribution in [2.24, 2.45) is 11.8 Å². The standard InChI is InChI=1S/C22H15F3N.C15H24O2.Ir/c1-13-9-14(2)11-16(10-13)21-20-18(7-8-26-21)17-6-4-3-5-15(17)12-19(20)22(23,24)25;16-14(12-7-3-1-4-8-12)11-15(17)13-9-5-2-6-10-13;/h3-10,12H,1-2H3;11-13,16H,1-10H2;/q-1;;/b;14-11-;. The van der Waals surface area contributed by atoms with Gasteiger partial charge in [-0.3, -0.25) is 4.79 Å². The van der Waals surface area contributed by atoms with Gasteiger partial charge >= 0.3 is 6.18 Å². The first-order chi connectivity index (χ1) is 20.6. The largest absolute Gasteiger partial charge is 0.512 e. The number of nitrogens with zero attached hydrogens (tertiary/aromatic N) is 1. The molecule has 235 valence electrons. The zero-order valence-corrected chi connectivity index (χ0v) is 27.7. The summed E-state index contributed by atoms with van der Waals surface area (Å²) in [6.07, 6.45) is 10.1. The van der Waals surface area contributed by atoms with E-state index in [0.717, 1.165) is 42.2 Å². The van der Waals surface area contributed by atoms with Gasteiger partial charge in [-0.2, -0.15) is 13.2 Å². The summed E-state index contributed by atoms with van der Waals surface area (Å²) >= 11 is 0. The van der Waals surface area contributed by atoms with E-state index in [1.165, 1.54) is 44.6 Å². The molecule has 4 aromatic rings. The molecule has 1 radical (unpaired) electrons. The number of alkyl halides is 3. The number of benzene rings is 3. The number of carbonyl (C=O) groups excluding carboxylic acids is 1. The summed E-state index contributed by atoms with van der Waals surface area (Å²) < 4.78 is 41.6. The van der Waals surface area contributed by atoms with Crippen molar-refractivity contribution in [3.8, 4) is 11.3 Å². The van der Waals surface area contributed by atoms with Gasteiger partial charge in [-0.05, 0) is 65.1 Å². The van der Waals surface area contributed by atoms with Crippen LogP contribution in [0.5, 0.6) is 0 Å². The first-order valence-corrected chi connectivity index (χ1v) is 15.4. The maximum Gasteiger partial charge on any atom is 0.416 e. The Morgan fingerprint density at radius 3 is 2.16 bits per heavy atom. The fourth-order valence-corrected chi connectivity index (χ4v) is 6.67. The Morgan fingerprint density at radius 1 is 0.886 bits per heavy atom. The molecule has 0 amide bonds. The van der Waals surface area contributed by atoms with E-state index < -0.39 is 11.7 Å². The Hall–Kier alpha value is -3.02. The van der Waals surface area contributed by atoms with Crippen molar-refractivity contribution >= 4 is 27.3 Å². The number of aryl methyl sites for hydroxylation is 2. The number of carbonyl (C=O) groups is 1. The van der Waals surface area contributed by atoms with Crippen LogP contribution >= 0.6 is 0 Å². The van der Waals surface area contributed by atoms with E-state index in [2.05, 4.69) is 11.1 Å². The molecule has 0 bridgehead atoms. The average molecular weight is 779 g/mol. The summed E-state index contributed by atoms with van der Waals surface area (Å²) in [6, 6.07) is 16.9. The van der Waals surface area contributed by atoms with Crippen molar-refractivity contribution in [3.05, 3.63) is 89.3 Å². The number of halogens is 3. The minimum absolute atomic E-state index is 0. The summed E-state index contributed by atoms with van der Waals surface area (Å²) in [5.74, 6) is 0.985. The van der Waals surface area contributed by atoms with E-state index in [0.29, 0.717) is 27.8 Å². The van der Waals surface area contributed by atoms with E-state index in [1.807, 2.05) is 38.1 Å². The number of aliphatic hydroxyl groups is 1. The molecule has 2 aliphatic carbocycles. The first kappa shape index (κ1) is 33.9. The fraction of sp³-hybridized carbons (Fsp3) is 0.405. The Labute approximate surface area is 271 Å². The first-order valence-electron chi connectivity index (χ1n) is 15.4. The number of aromatic nitrogens is 1. The minimum Gasteiger partial charge on any atom is -0.512 e. The van der Waals surface area contributed by atoms with Gasteiger partial charge in [0.15, 0.2) is 5.78 Å². The van der Waals surface area contributed by atoms with Crippen LogP contribution in [0.3, 0.4) is 0 Å². The van der Waals surface area contributed by atoms with E-state index in [-0.39, 0.29) is 43.1 Å². The van der Waals surface area contributed by atoms with Crippen LogP contribution in [0.25, 0.3) is 32.8 Å². The SMILES string of the molecule is Cc1[c-]c(-c2nccc3c2c(C(F)(F)F)cc2ccccc23)cc(C)c1.O=C(/C=C(\O)C1CCCCC1)C1CCCCC1.[Ir]. The van der Waals surface area contributed by atoms with Gasteiger partial charge in [0.2, 0.25) is 0 Å². The molecule has 0 spiro atoms. The van der Waals surface area contributed by atoms with Gasteiger partial charge in [0.05, 0.1) is 11.3 Å². The van der Waals surface area contributed by atoms with Crippen LogP contribution in [-0.2, 0) is 31.1 Å². The predicted molar refractivity (Wildman–Crippen MR) is 167 cm³/mol. The molecule has 3 aromatic carbocycles. The number of pyridine rings is 1. The Bertz CT molecular complexity index is 1610. The molecule has 0 unspecified atom stereocenters. The van der Waals surface area contributed by atoms with Crippen LogP contribution in [0.2, 0.25) is 0 Å². The number of ketones is 1. The molecule has 2 saturated carbocycles. The van der Waals surface area contributed by atoms with Gasteiger partial charge in [-0.25, -0.2) is 0 Å². The second-order valence-electron chi connectivity index (χ2n) is 12.1. The van der Waals surface area contributed by atoms with Gasteiger partial charge in [0.25, 0.3) is 0 Å². The van der Waals surface area contributed by atoms with Gasteiger partial charge in [-0.15, -0.1) is 34.9 Å². The van der Waals surface area contributed by atoms with Gasteiger partial charge in [0.1, 0.15) is 0 Å². The summed E-state index contributed by atoms with van der Waals surface area (Å²) in [5.41, 5.74) is 2.06. The molecule has 2 fully saturated rings. The number of fused-ring (bicyclic) bond motifs is 3. The van der Waals surface area contributed by atoms with Crippen molar-refractivity contribution in [1.82, 2.24) is 4.98 Å². The molecule has 2 aliphatic rings. The molecule has 3 nitrogen and oxygen atoms in total. The van der Waals surface area contributed by atoms with E-state index in [4.69, 9.17) is 0 Å². The fourth-order valence-electron chi connectivity index (χ4n) is 6.67. The predicted octanol–water partition coefficient (Wildman–Crippen LogP) is 10.6. The maximum absolute atomic E-state index is 13.9. The van der Waals surface area contributed by atoms with E-state index >= 15 is 0 Å². The zero-order chi connectivity index (χ0) is 30.6. The summed E-state index contributed by atoms with van der Waals surface area (Å²) in [6.45, 7) is 3.79. The monoisotopic (exact) mass is 779 g/mol. The van der Waals surface area contributed by atoms with Crippen LogP contribution in [-0.4, -0.2) is 15.9 Å². The molecule has 6 rings (SSSR count). The Morgan fingerprint density at radius 2 is 1.52 bits per heavy atom. The average Bonchev–Trinajstić information content (AvgIpc) is 3.00. The van der Waals surface area contributed by atoms with Crippen LogP contribution in [0.4, 0.5) is 13.2 Å². The Kier molecular flexibility index (Phi) is 11.4. The minimum atomic E-state index is -4.47. The van der Waals surface area contributed by atoms with Crippen LogP contribution in [0.1, 0.15) is 80.9 Å². The molecular weight excluding hydrogens is 740 g/mol. The second-order valence-corrected chi connectivity index (χ2v) is 12.1. The zero-order valence-electron chi connectivity index (χ0n) is 25.3. The smallest absolute Gasteiger partial charge is 0.416 e. The van der Waals surface area contributed by atoms with Crippen LogP contribution in [0.15, 0.2) is 66.6 Å². The molecule has 0 atom stereocenters. The summed E-state index contributed by atoms with van der Waals surface area (Å²) in [5, 5.41) is 12.0. The second kappa shape index (κ2) is 14.8. The van der Waals surface area contributed by atoms with Gasteiger partial charge < -0.3 is 10.1 Å². The van der Waals surface area contributed by atoms with Crippen molar-refractivity contribution in [2.75, 3.05) is 0 Å². The number of allylic oxidation sites excluding steroid dienone is 2. The molecule has 44 heavy (non-hydrogen) atoms. The van der Waals surface area contributed by atoms with Gasteiger partial charge in [0, 0.05) is 44.2 Å². The third-order valence-electron chi connectivity index (χ3n) is 8.80. The van der Waals surface area contributed by atoms with Gasteiger partial charge in [-0.1, -0.05) is 76.6 Å². The topological polar surface area (TPSA) is 50.2 Å². The third-order valence-corrected chi connectivity index (χ3v) is 8.80. The van der Waals surface area contributed by atoms with Crippen molar-refractivity contribution in [2.45, 2.75) is 84.2 Å². The molecule has 1 N–H and O–H groups in total. The van der Waals surface area contributed by atoms with Crippen LogP contribution in [0, 0.1) is 31.7 Å². The number of rotatable bonds is 4. The maximum atomic E-state index is 13.9. The van der Waals surface area contributed by atoms with Crippen molar-refractivity contribution < 1.29 is 43.2 Å². The number of hydrogen-bond donors (Lipinski definition) is 1. The summed E-state index contributed by atoms with van der Waals surface area (Å²) in [4.78, 5) is 16.3. The molecular formula is C37H39F3IrNO2-. The molecule has 7 heteroatoms. The quantitative estimate of drug-likeness (QED) is 0.0972. The van der Waals surface area contributed by atoms with Crippen LogP contribution < -0.4 is 0 Å². The number of hydrogen-bond acceptors (Lipinski definition) is 3. The van der Waals surface area contributed by atoms with Crippen molar-refractivity contribution in [1.29, 1.82) is 0 Å². The molecule has 0 saturated heterocycles. The van der Waals surface area contributed by atoms with E-state index in [1.54, 1.807) is 30.5 Å². The Balaban J connectivity index is 0.000000214. The molecule has 0 aliphatic heterocycles.